The first kappa shape index (κ1) is 19.4. The number of aryl methyl sites for hydroxylation is 1. The molecule has 138 valence electrons. The molecule has 0 radical (unpaired) electrons. The van der Waals surface area contributed by atoms with E-state index in [1.807, 2.05) is 0 Å². The Bertz CT molecular complexity index is 971. The van der Waals surface area contributed by atoms with Gasteiger partial charge in [-0.15, -0.1) is 0 Å². The Kier molecular flexibility index (Phi) is 5.61. The van der Waals surface area contributed by atoms with Gasteiger partial charge in [-0.25, -0.2) is 22.4 Å². The van der Waals surface area contributed by atoms with Crippen LogP contribution < -0.4 is 4.72 Å². The van der Waals surface area contributed by atoms with Gasteiger partial charge in [-0.05, 0) is 42.8 Å². The fourth-order valence-electron chi connectivity index (χ4n) is 2.17. The zero-order valence-corrected chi connectivity index (χ0v) is 15.0. The number of ether oxygens (including phenoxy) is 2. The standard InChI is InChI=1S/C17H16FNO6S/c1-10-4-6-12(18)9-14(10)19-26(22,23)15-8-11(16(20)24-2)5-7-13(15)17(21)25-3/h4-9,19H,1-3H3. The van der Waals surface area contributed by atoms with Gasteiger partial charge in [0.1, 0.15) is 10.7 Å². The molecule has 0 spiro atoms. The van der Waals surface area contributed by atoms with Crippen LogP contribution in [0.2, 0.25) is 0 Å². The van der Waals surface area contributed by atoms with E-state index in [1.165, 1.54) is 18.2 Å². The van der Waals surface area contributed by atoms with Crippen LogP contribution >= 0.6 is 0 Å². The van der Waals surface area contributed by atoms with Crippen molar-refractivity contribution in [2.24, 2.45) is 0 Å². The molecule has 2 aromatic carbocycles. The first-order chi connectivity index (χ1) is 12.2. The minimum Gasteiger partial charge on any atom is -0.465 e. The number of carbonyl (C=O) groups excluding carboxylic acids is 2. The Balaban J connectivity index is 2.60. The van der Waals surface area contributed by atoms with E-state index >= 15 is 0 Å². The Morgan fingerprint density at radius 2 is 1.65 bits per heavy atom. The second-order valence-corrected chi connectivity index (χ2v) is 6.91. The van der Waals surface area contributed by atoms with Crippen LogP contribution in [0.1, 0.15) is 26.3 Å². The molecule has 0 aliphatic rings. The van der Waals surface area contributed by atoms with E-state index in [2.05, 4.69) is 14.2 Å². The van der Waals surface area contributed by atoms with Crippen molar-refractivity contribution in [2.45, 2.75) is 11.8 Å². The van der Waals surface area contributed by atoms with Crippen molar-refractivity contribution in [1.82, 2.24) is 0 Å². The van der Waals surface area contributed by atoms with Crippen LogP contribution in [-0.2, 0) is 19.5 Å². The van der Waals surface area contributed by atoms with E-state index in [1.54, 1.807) is 6.92 Å². The quantitative estimate of drug-likeness (QED) is 0.799. The summed E-state index contributed by atoms with van der Waals surface area (Å²) in [5.74, 6) is -2.32. The molecule has 1 N–H and O–H groups in total. The zero-order chi connectivity index (χ0) is 19.5. The Labute approximate surface area is 149 Å². The summed E-state index contributed by atoms with van der Waals surface area (Å²) in [5, 5.41) is 0. The van der Waals surface area contributed by atoms with E-state index in [4.69, 9.17) is 0 Å². The highest BCUT2D eigenvalue weighted by atomic mass is 32.2. The van der Waals surface area contributed by atoms with Crippen LogP contribution in [0.5, 0.6) is 0 Å². The van der Waals surface area contributed by atoms with Crippen molar-refractivity contribution in [3.05, 3.63) is 58.9 Å². The number of methoxy groups -OCH3 is 2. The van der Waals surface area contributed by atoms with Crippen LogP contribution in [0, 0.1) is 12.7 Å². The number of hydrogen-bond donors (Lipinski definition) is 1. The predicted octanol–water partition coefficient (Wildman–Crippen LogP) is 2.51. The molecule has 7 nitrogen and oxygen atoms in total. The molecule has 2 rings (SSSR count). The first-order valence-electron chi connectivity index (χ1n) is 7.29. The number of esters is 2. The van der Waals surface area contributed by atoms with Gasteiger partial charge >= 0.3 is 11.9 Å². The Hall–Kier alpha value is -2.94. The molecule has 0 fully saturated rings. The van der Waals surface area contributed by atoms with Gasteiger partial charge in [-0.3, -0.25) is 4.72 Å². The molecular formula is C17H16FNO6S. The molecule has 26 heavy (non-hydrogen) atoms. The van der Waals surface area contributed by atoms with E-state index in [0.29, 0.717) is 5.56 Å². The van der Waals surface area contributed by atoms with Gasteiger partial charge in [-0.2, -0.15) is 0 Å². The van der Waals surface area contributed by atoms with Crippen LogP contribution in [-0.4, -0.2) is 34.6 Å². The minimum atomic E-state index is -4.33. The van der Waals surface area contributed by atoms with E-state index < -0.39 is 32.7 Å². The third-order valence-corrected chi connectivity index (χ3v) is 4.95. The summed E-state index contributed by atoms with van der Waals surface area (Å²) < 4.78 is 50.4. The summed E-state index contributed by atoms with van der Waals surface area (Å²) >= 11 is 0. The van der Waals surface area contributed by atoms with Crippen molar-refractivity contribution in [3.8, 4) is 0 Å². The largest absolute Gasteiger partial charge is 0.465 e. The molecular weight excluding hydrogens is 365 g/mol. The molecule has 0 aliphatic heterocycles. The number of nitrogens with one attached hydrogen (secondary N) is 1. The van der Waals surface area contributed by atoms with Gasteiger partial charge in [0.2, 0.25) is 0 Å². The van der Waals surface area contributed by atoms with Gasteiger partial charge in [0.05, 0.1) is 31.0 Å². The smallest absolute Gasteiger partial charge is 0.339 e. The molecule has 0 aliphatic carbocycles. The van der Waals surface area contributed by atoms with Crippen LogP contribution in [0.25, 0.3) is 0 Å². The molecule has 0 heterocycles. The second kappa shape index (κ2) is 7.52. The number of halogens is 1. The number of carbonyl (C=O) groups is 2. The topological polar surface area (TPSA) is 98.8 Å². The van der Waals surface area contributed by atoms with Crippen LogP contribution in [0.15, 0.2) is 41.3 Å². The van der Waals surface area contributed by atoms with Crippen molar-refractivity contribution in [2.75, 3.05) is 18.9 Å². The molecule has 0 amide bonds. The van der Waals surface area contributed by atoms with E-state index in [0.717, 1.165) is 32.4 Å². The van der Waals surface area contributed by atoms with Gasteiger partial charge in [0.15, 0.2) is 0 Å². The summed E-state index contributed by atoms with van der Waals surface area (Å²) in [5.41, 5.74) is 0.126. The van der Waals surface area contributed by atoms with Crippen molar-refractivity contribution in [3.63, 3.8) is 0 Å². The lowest BCUT2D eigenvalue weighted by Gasteiger charge is -2.14. The van der Waals surface area contributed by atoms with Crippen molar-refractivity contribution in [1.29, 1.82) is 0 Å². The predicted molar refractivity (Wildman–Crippen MR) is 91.1 cm³/mol. The molecule has 0 bridgehead atoms. The maximum Gasteiger partial charge on any atom is 0.339 e. The van der Waals surface area contributed by atoms with E-state index in [9.17, 15) is 22.4 Å². The Morgan fingerprint density at radius 3 is 2.27 bits per heavy atom. The fraction of sp³-hybridized carbons (Fsp3) is 0.176. The lowest BCUT2D eigenvalue weighted by Crippen LogP contribution is -2.19. The number of rotatable bonds is 5. The average Bonchev–Trinajstić information content (AvgIpc) is 2.62. The number of benzene rings is 2. The molecule has 2 aromatic rings. The molecule has 9 heteroatoms. The van der Waals surface area contributed by atoms with E-state index in [-0.39, 0.29) is 16.8 Å². The molecule has 0 unspecified atom stereocenters. The maximum absolute atomic E-state index is 13.4. The first-order valence-corrected chi connectivity index (χ1v) is 8.77. The monoisotopic (exact) mass is 381 g/mol. The van der Waals surface area contributed by atoms with Crippen LogP contribution in [0.4, 0.5) is 10.1 Å². The highest BCUT2D eigenvalue weighted by molar-refractivity contribution is 7.92. The summed E-state index contributed by atoms with van der Waals surface area (Å²) in [4.78, 5) is 23.1. The van der Waals surface area contributed by atoms with Gasteiger partial charge in [-0.1, -0.05) is 6.07 Å². The summed E-state index contributed by atoms with van der Waals surface area (Å²) in [6, 6.07) is 6.98. The average molecular weight is 381 g/mol. The lowest BCUT2D eigenvalue weighted by molar-refractivity contribution is 0.0583. The van der Waals surface area contributed by atoms with Crippen LogP contribution in [0.3, 0.4) is 0 Å². The summed E-state index contributed by atoms with van der Waals surface area (Å²) in [6.45, 7) is 1.59. The number of sulfonamides is 1. The fourth-order valence-corrected chi connectivity index (χ4v) is 3.51. The lowest BCUT2D eigenvalue weighted by atomic mass is 10.1. The highest BCUT2D eigenvalue weighted by Crippen LogP contribution is 2.24. The maximum atomic E-state index is 13.4. The minimum absolute atomic E-state index is 0.00397. The third kappa shape index (κ3) is 3.99. The SMILES string of the molecule is COC(=O)c1ccc(C(=O)OC)c(S(=O)(=O)Nc2cc(F)ccc2C)c1. The van der Waals surface area contributed by atoms with Gasteiger partial charge in [0.25, 0.3) is 10.0 Å². The third-order valence-electron chi connectivity index (χ3n) is 3.54. The number of hydrogen-bond acceptors (Lipinski definition) is 6. The molecule has 0 saturated carbocycles. The number of anilines is 1. The Morgan fingerprint density at radius 1 is 1.00 bits per heavy atom. The summed E-state index contributed by atoms with van der Waals surface area (Å²) in [6.07, 6.45) is 0. The van der Waals surface area contributed by atoms with Crippen molar-refractivity contribution >= 4 is 27.6 Å². The highest BCUT2D eigenvalue weighted by Gasteiger charge is 2.26. The van der Waals surface area contributed by atoms with Gasteiger partial charge in [0, 0.05) is 0 Å². The molecule has 0 atom stereocenters. The normalized spacial score (nSPS) is 10.9. The molecule has 0 aromatic heterocycles. The second-order valence-electron chi connectivity index (χ2n) is 5.26. The van der Waals surface area contributed by atoms with Crippen molar-refractivity contribution < 1.29 is 31.9 Å². The zero-order valence-electron chi connectivity index (χ0n) is 14.2. The van der Waals surface area contributed by atoms with Gasteiger partial charge < -0.3 is 9.47 Å². The molecule has 0 saturated heterocycles. The summed E-state index contributed by atoms with van der Waals surface area (Å²) in [7, 11) is -2.10.